The average molecular weight is 388 g/mol. The van der Waals surface area contributed by atoms with Gasteiger partial charge in [0.1, 0.15) is 5.75 Å². The number of amides is 1. The fourth-order valence-corrected chi connectivity index (χ4v) is 3.39. The normalized spacial score (nSPS) is 13.3. The van der Waals surface area contributed by atoms with Crippen molar-refractivity contribution in [2.24, 2.45) is 0 Å². The van der Waals surface area contributed by atoms with Crippen LogP contribution in [-0.2, 0) is 0 Å². The van der Waals surface area contributed by atoms with E-state index in [-0.39, 0.29) is 5.91 Å². The summed E-state index contributed by atoms with van der Waals surface area (Å²) >= 11 is 0. The maximum Gasteiger partial charge on any atom is 0.255 e. The van der Waals surface area contributed by atoms with E-state index in [1.165, 1.54) is 12.8 Å². The van der Waals surface area contributed by atoms with Crippen LogP contribution in [0, 0.1) is 0 Å². The SMILES string of the molecule is CCOc1ccc(NC(=O)c2ccc(-c3ccc(N4CCCC4)nn3)cc2)cc1. The van der Waals surface area contributed by atoms with Crippen molar-refractivity contribution in [2.75, 3.05) is 29.9 Å². The van der Waals surface area contributed by atoms with Gasteiger partial charge < -0.3 is 15.0 Å². The molecule has 4 rings (SSSR count). The van der Waals surface area contributed by atoms with Gasteiger partial charge in [-0.2, -0.15) is 0 Å². The molecular formula is C23H24N4O2. The third-order valence-corrected chi connectivity index (χ3v) is 4.95. The third kappa shape index (κ3) is 4.54. The number of benzene rings is 2. The van der Waals surface area contributed by atoms with Gasteiger partial charge >= 0.3 is 0 Å². The quantitative estimate of drug-likeness (QED) is 0.678. The van der Waals surface area contributed by atoms with E-state index in [1.54, 1.807) is 12.1 Å². The van der Waals surface area contributed by atoms with Crippen LogP contribution in [0.1, 0.15) is 30.1 Å². The molecule has 2 heterocycles. The first-order chi connectivity index (χ1) is 14.2. The van der Waals surface area contributed by atoms with Gasteiger partial charge in [-0.15, -0.1) is 10.2 Å². The van der Waals surface area contributed by atoms with Crippen molar-refractivity contribution in [3.05, 3.63) is 66.2 Å². The van der Waals surface area contributed by atoms with Crippen LogP contribution in [0.3, 0.4) is 0 Å². The van der Waals surface area contributed by atoms with E-state index in [2.05, 4.69) is 20.4 Å². The molecule has 6 nitrogen and oxygen atoms in total. The number of nitrogens with one attached hydrogen (secondary N) is 1. The predicted octanol–water partition coefficient (Wildman–Crippen LogP) is 4.39. The zero-order chi connectivity index (χ0) is 20.1. The Bertz CT molecular complexity index is 948. The maximum atomic E-state index is 12.5. The first-order valence-electron chi connectivity index (χ1n) is 9.96. The molecule has 1 N–H and O–H groups in total. The fraction of sp³-hybridized carbons (Fsp3) is 0.261. The second-order valence-corrected chi connectivity index (χ2v) is 6.96. The topological polar surface area (TPSA) is 67.3 Å². The lowest BCUT2D eigenvalue weighted by Gasteiger charge is -2.15. The lowest BCUT2D eigenvalue weighted by Crippen LogP contribution is -2.19. The van der Waals surface area contributed by atoms with Gasteiger partial charge in [0.15, 0.2) is 5.82 Å². The lowest BCUT2D eigenvalue weighted by atomic mass is 10.1. The second-order valence-electron chi connectivity index (χ2n) is 6.96. The Kier molecular flexibility index (Phi) is 5.70. The lowest BCUT2D eigenvalue weighted by molar-refractivity contribution is 0.102. The van der Waals surface area contributed by atoms with Crippen LogP contribution in [0.15, 0.2) is 60.7 Å². The largest absolute Gasteiger partial charge is 0.494 e. The highest BCUT2D eigenvalue weighted by atomic mass is 16.5. The summed E-state index contributed by atoms with van der Waals surface area (Å²) in [5.41, 5.74) is 3.05. The van der Waals surface area contributed by atoms with Crippen LogP contribution < -0.4 is 15.0 Å². The zero-order valence-corrected chi connectivity index (χ0v) is 16.5. The molecule has 0 radical (unpaired) electrons. The molecule has 0 atom stereocenters. The maximum absolute atomic E-state index is 12.5. The van der Waals surface area contributed by atoms with E-state index in [0.717, 1.165) is 41.6 Å². The van der Waals surface area contributed by atoms with E-state index in [0.29, 0.717) is 12.2 Å². The van der Waals surface area contributed by atoms with Crippen LogP contribution in [0.2, 0.25) is 0 Å². The number of nitrogens with zero attached hydrogens (tertiary/aromatic N) is 3. The Labute approximate surface area is 170 Å². The van der Waals surface area contributed by atoms with Gasteiger partial charge in [-0.25, -0.2) is 0 Å². The van der Waals surface area contributed by atoms with Crippen LogP contribution >= 0.6 is 0 Å². The molecule has 29 heavy (non-hydrogen) atoms. The number of rotatable bonds is 6. The minimum Gasteiger partial charge on any atom is -0.494 e. The zero-order valence-electron chi connectivity index (χ0n) is 16.5. The van der Waals surface area contributed by atoms with Crippen molar-refractivity contribution in [1.82, 2.24) is 10.2 Å². The number of ether oxygens (including phenoxy) is 1. The molecule has 2 aromatic carbocycles. The Morgan fingerprint density at radius 1 is 0.966 bits per heavy atom. The van der Waals surface area contributed by atoms with Crippen molar-refractivity contribution >= 4 is 17.4 Å². The molecule has 3 aromatic rings. The molecule has 0 bridgehead atoms. The van der Waals surface area contributed by atoms with Crippen molar-refractivity contribution in [2.45, 2.75) is 19.8 Å². The molecular weight excluding hydrogens is 364 g/mol. The van der Waals surface area contributed by atoms with Gasteiger partial charge in [-0.1, -0.05) is 12.1 Å². The molecule has 0 saturated carbocycles. The smallest absolute Gasteiger partial charge is 0.255 e. The molecule has 1 fully saturated rings. The summed E-state index contributed by atoms with van der Waals surface area (Å²) in [5, 5.41) is 11.6. The van der Waals surface area contributed by atoms with Gasteiger partial charge in [-0.05, 0) is 68.3 Å². The van der Waals surface area contributed by atoms with Crippen molar-refractivity contribution in [3.8, 4) is 17.0 Å². The summed E-state index contributed by atoms with van der Waals surface area (Å²) in [6, 6.07) is 18.7. The van der Waals surface area contributed by atoms with Crippen molar-refractivity contribution < 1.29 is 9.53 Å². The molecule has 1 amide bonds. The van der Waals surface area contributed by atoms with Gasteiger partial charge in [0, 0.05) is 29.9 Å². The number of hydrogen-bond acceptors (Lipinski definition) is 5. The minimum absolute atomic E-state index is 0.156. The standard InChI is InChI=1S/C23H24N4O2/c1-2-29-20-11-9-19(10-12-20)24-23(28)18-7-5-17(6-8-18)21-13-14-22(26-25-21)27-15-3-4-16-27/h5-14H,2-4,15-16H2,1H3,(H,24,28). The van der Waals surface area contributed by atoms with Gasteiger partial charge in [-0.3, -0.25) is 4.79 Å². The summed E-state index contributed by atoms with van der Waals surface area (Å²) in [5.74, 6) is 1.56. The monoisotopic (exact) mass is 388 g/mol. The van der Waals surface area contributed by atoms with Crippen LogP contribution in [-0.4, -0.2) is 35.8 Å². The van der Waals surface area contributed by atoms with Gasteiger partial charge in [0.05, 0.1) is 12.3 Å². The first kappa shape index (κ1) is 18.9. The molecule has 1 saturated heterocycles. The molecule has 0 aliphatic carbocycles. The molecule has 6 heteroatoms. The molecule has 0 spiro atoms. The van der Waals surface area contributed by atoms with Crippen LogP contribution in [0.5, 0.6) is 5.75 Å². The summed E-state index contributed by atoms with van der Waals surface area (Å²) in [4.78, 5) is 14.7. The highest BCUT2D eigenvalue weighted by Gasteiger charge is 2.14. The number of carbonyl (C=O) groups is 1. The summed E-state index contributed by atoms with van der Waals surface area (Å²) in [6.45, 7) is 4.65. The number of hydrogen-bond donors (Lipinski definition) is 1. The van der Waals surface area contributed by atoms with E-state index in [9.17, 15) is 4.79 Å². The number of aromatic nitrogens is 2. The minimum atomic E-state index is -0.156. The summed E-state index contributed by atoms with van der Waals surface area (Å²) in [6.07, 6.45) is 2.42. The molecule has 0 unspecified atom stereocenters. The first-order valence-corrected chi connectivity index (χ1v) is 9.96. The highest BCUT2D eigenvalue weighted by molar-refractivity contribution is 6.04. The third-order valence-electron chi connectivity index (χ3n) is 4.95. The average Bonchev–Trinajstić information content (AvgIpc) is 3.31. The van der Waals surface area contributed by atoms with Gasteiger partial charge in [0.2, 0.25) is 0 Å². The molecule has 1 aliphatic heterocycles. The highest BCUT2D eigenvalue weighted by Crippen LogP contribution is 2.22. The van der Waals surface area contributed by atoms with Gasteiger partial charge in [0.25, 0.3) is 5.91 Å². The van der Waals surface area contributed by atoms with E-state index in [4.69, 9.17) is 4.74 Å². The Morgan fingerprint density at radius 2 is 1.69 bits per heavy atom. The number of anilines is 2. The van der Waals surface area contributed by atoms with Crippen LogP contribution in [0.4, 0.5) is 11.5 Å². The summed E-state index contributed by atoms with van der Waals surface area (Å²) < 4.78 is 5.42. The number of carbonyl (C=O) groups excluding carboxylic acids is 1. The summed E-state index contributed by atoms with van der Waals surface area (Å²) in [7, 11) is 0. The van der Waals surface area contributed by atoms with Crippen molar-refractivity contribution in [1.29, 1.82) is 0 Å². The Morgan fingerprint density at radius 3 is 2.31 bits per heavy atom. The van der Waals surface area contributed by atoms with E-state index >= 15 is 0 Å². The molecule has 148 valence electrons. The second kappa shape index (κ2) is 8.73. The Hall–Kier alpha value is -3.41. The fourth-order valence-electron chi connectivity index (χ4n) is 3.39. The van der Waals surface area contributed by atoms with Crippen molar-refractivity contribution in [3.63, 3.8) is 0 Å². The van der Waals surface area contributed by atoms with E-state index < -0.39 is 0 Å². The predicted molar refractivity (Wildman–Crippen MR) is 114 cm³/mol. The van der Waals surface area contributed by atoms with E-state index in [1.807, 2.05) is 55.5 Å². The molecule has 1 aromatic heterocycles. The van der Waals surface area contributed by atoms with Crippen LogP contribution in [0.25, 0.3) is 11.3 Å². The Balaban J connectivity index is 1.41. The molecule has 1 aliphatic rings.